The van der Waals surface area contributed by atoms with E-state index >= 15 is 0 Å². The summed E-state index contributed by atoms with van der Waals surface area (Å²) in [6, 6.07) is 12.8. The number of amides is 2. The average Bonchev–Trinajstić information content (AvgIpc) is 2.70. The van der Waals surface area contributed by atoms with Crippen LogP contribution < -0.4 is 14.8 Å². The fourth-order valence-electron chi connectivity index (χ4n) is 3.51. The van der Waals surface area contributed by atoms with Crippen LogP contribution in [0.1, 0.15) is 43.9 Å². The van der Waals surface area contributed by atoms with E-state index in [1.54, 1.807) is 12.0 Å². The highest BCUT2D eigenvalue weighted by Gasteiger charge is 2.29. The Morgan fingerprint density at radius 2 is 1.71 bits per heavy atom. The van der Waals surface area contributed by atoms with E-state index in [1.807, 2.05) is 77.1 Å². The van der Waals surface area contributed by atoms with Gasteiger partial charge >= 0.3 is 0 Å². The molecule has 0 heterocycles. The molecule has 168 valence electrons. The smallest absolute Gasteiger partial charge is 0.261 e. The second-order valence-corrected chi connectivity index (χ2v) is 8.07. The zero-order valence-electron chi connectivity index (χ0n) is 19.4. The first kappa shape index (κ1) is 24.3. The van der Waals surface area contributed by atoms with Gasteiger partial charge in [0.15, 0.2) is 6.61 Å². The lowest BCUT2D eigenvalue weighted by atomic mass is 10.1. The number of carbonyl (C=O) groups is 2. The molecule has 1 unspecified atom stereocenters. The first-order valence-electron chi connectivity index (χ1n) is 10.7. The summed E-state index contributed by atoms with van der Waals surface area (Å²) in [5.41, 5.74) is 3.02. The average molecular weight is 427 g/mol. The predicted molar refractivity (Wildman–Crippen MR) is 122 cm³/mol. The molecule has 0 saturated carbocycles. The molecule has 6 nitrogen and oxygen atoms in total. The van der Waals surface area contributed by atoms with Crippen molar-refractivity contribution in [2.24, 2.45) is 0 Å². The van der Waals surface area contributed by atoms with Gasteiger partial charge < -0.3 is 19.7 Å². The van der Waals surface area contributed by atoms with Gasteiger partial charge in [0.25, 0.3) is 5.91 Å². The number of methoxy groups -OCH3 is 1. The third-order valence-corrected chi connectivity index (χ3v) is 4.86. The Kier molecular flexibility index (Phi) is 8.91. The summed E-state index contributed by atoms with van der Waals surface area (Å²) in [6.07, 6.45) is 0.498. The van der Waals surface area contributed by atoms with Crippen molar-refractivity contribution in [3.63, 3.8) is 0 Å². The minimum absolute atomic E-state index is 0.0122. The SMILES string of the molecule is CCC(C(=O)NC(C)C)N(Cc1cccc(OC)c1)C(=O)COc1cc(C)cc(C)c1. The third-order valence-electron chi connectivity index (χ3n) is 4.86. The van der Waals surface area contributed by atoms with E-state index in [-0.39, 0.29) is 31.0 Å². The summed E-state index contributed by atoms with van der Waals surface area (Å²) >= 11 is 0. The molecule has 0 bridgehead atoms. The zero-order chi connectivity index (χ0) is 23.0. The summed E-state index contributed by atoms with van der Waals surface area (Å²) in [4.78, 5) is 27.7. The van der Waals surface area contributed by atoms with E-state index < -0.39 is 6.04 Å². The molecule has 0 saturated heterocycles. The molecule has 0 spiro atoms. The normalized spacial score (nSPS) is 11.7. The first-order valence-corrected chi connectivity index (χ1v) is 10.7. The number of carbonyl (C=O) groups excluding carboxylic acids is 2. The second-order valence-electron chi connectivity index (χ2n) is 8.07. The van der Waals surface area contributed by atoms with Gasteiger partial charge in [-0.1, -0.05) is 25.1 Å². The second kappa shape index (κ2) is 11.4. The Morgan fingerprint density at radius 3 is 2.29 bits per heavy atom. The minimum atomic E-state index is -0.594. The van der Waals surface area contributed by atoms with Crippen LogP contribution in [0, 0.1) is 13.8 Å². The lowest BCUT2D eigenvalue weighted by molar-refractivity contribution is -0.143. The Morgan fingerprint density at radius 1 is 1.03 bits per heavy atom. The minimum Gasteiger partial charge on any atom is -0.497 e. The monoisotopic (exact) mass is 426 g/mol. The van der Waals surface area contributed by atoms with Gasteiger partial charge in [0.1, 0.15) is 17.5 Å². The largest absolute Gasteiger partial charge is 0.497 e. The summed E-state index contributed by atoms with van der Waals surface area (Å²) in [6.45, 7) is 9.83. The van der Waals surface area contributed by atoms with Gasteiger partial charge in [0.2, 0.25) is 5.91 Å². The zero-order valence-corrected chi connectivity index (χ0v) is 19.4. The van der Waals surface area contributed by atoms with Gasteiger partial charge in [-0.05, 0) is 75.1 Å². The Balaban J connectivity index is 2.25. The van der Waals surface area contributed by atoms with Crippen molar-refractivity contribution in [2.45, 2.75) is 59.7 Å². The number of nitrogens with one attached hydrogen (secondary N) is 1. The van der Waals surface area contributed by atoms with Crippen LogP contribution in [0.25, 0.3) is 0 Å². The van der Waals surface area contributed by atoms with E-state index in [9.17, 15) is 9.59 Å². The number of nitrogens with zero attached hydrogens (tertiary/aromatic N) is 1. The lowest BCUT2D eigenvalue weighted by Gasteiger charge is -2.31. The molecule has 0 aliphatic carbocycles. The van der Waals surface area contributed by atoms with Crippen LogP contribution in [0.2, 0.25) is 0 Å². The van der Waals surface area contributed by atoms with Crippen LogP contribution in [0.4, 0.5) is 0 Å². The molecule has 6 heteroatoms. The van der Waals surface area contributed by atoms with E-state index in [1.165, 1.54) is 0 Å². The Labute approximate surface area is 185 Å². The Hall–Kier alpha value is -3.02. The van der Waals surface area contributed by atoms with Gasteiger partial charge in [-0.3, -0.25) is 9.59 Å². The summed E-state index contributed by atoms with van der Waals surface area (Å²) in [5.74, 6) is 0.941. The van der Waals surface area contributed by atoms with Gasteiger partial charge in [-0.25, -0.2) is 0 Å². The van der Waals surface area contributed by atoms with E-state index in [0.29, 0.717) is 17.9 Å². The fraction of sp³-hybridized carbons (Fsp3) is 0.440. The van der Waals surface area contributed by atoms with E-state index in [2.05, 4.69) is 5.32 Å². The maximum absolute atomic E-state index is 13.2. The molecule has 2 rings (SSSR count). The number of ether oxygens (including phenoxy) is 2. The highest BCUT2D eigenvalue weighted by molar-refractivity contribution is 5.88. The first-order chi connectivity index (χ1) is 14.7. The molecule has 0 aromatic heterocycles. The van der Waals surface area contributed by atoms with Crippen LogP contribution in [0.3, 0.4) is 0 Å². The predicted octanol–water partition coefficient (Wildman–Crippen LogP) is 4.02. The van der Waals surface area contributed by atoms with Crippen molar-refractivity contribution in [1.29, 1.82) is 0 Å². The summed E-state index contributed by atoms with van der Waals surface area (Å²) < 4.78 is 11.1. The maximum Gasteiger partial charge on any atom is 0.261 e. The number of hydrogen-bond donors (Lipinski definition) is 1. The molecule has 0 fully saturated rings. The standard InChI is InChI=1S/C25H34N2O4/c1-7-23(25(29)26-17(2)3)27(15-20-9-8-10-21(14-20)30-6)24(28)16-31-22-12-18(4)11-19(5)13-22/h8-14,17,23H,7,15-16H2,1-6H3,(H,26,29). The maximum atomic E-state index is 13.2. The molecule has 0 aliphatic heterocycles. The van der Waals surface area contributed by atoms with Crippen molar-refractivity contribution in [3.05, 3.63) is 59.2 Å². The third kappa shape index (κ3) is 7.31. The van der Waals surface area contributed by atoms with Crippen molar-refractivity contribution < 1.29 is 19.1 Å². The summed E-state index contributed by atoms with van der Waals surface area (Å²) in [7, 11) is 1.60. The van der Waals surface area contributed by atoms with Gasteiger partial charge in [0, 0.05) is 12.6 Å². The Bertz CT molecular complexity index is 875. The fourth-order valence-corrected chi connectivity index (χ4v) is 3.51. The van der Waals surface area contributed by atoms with Gasteiger partial charge in [-0.2, -0.15) is 0 Å². The van der Waals surface area contributed by atoms with Crippen molar-refractivity contribution in [1.82, 2.24) is 10.2 Å². The van der Waals surface area contributed by atoms with Crippen LogP contribution in [-0.4, -0.2) is 42.5 Å². The highest BCUT2D eigenvalue weighted by Crippen LogP contribution is 2.19. The molecule has 0 aliphatic rings. The van der Waals surface area contributed by atoms with Crippen LogP contribution >= 0.6 is 0 Å². The quantitative estimate of drug-likeness (QED) is 0.623. The molecular weight excluding hydrogens is 392 g/mol. The van der Waals surface area contributed by atoms with E-state index in [4.69, 9.17) is 9.47 Å². The molecule has 0 radical (unpaired) electrons. The highest BCUT2D eigenvalue weighted by atomic mass is 16.5. The van der Waals surface area contributed by atoms with Crippen LogP contribution in [-0.2, 0) is 16.1 Å². The molecule has 2 amide bonds. The van der Waals surface area contributed by atoms with Gasteiger partial charge in [-0.15, -0.1) is 0 Å². The number of rotatable bonds is 10. The van der Waals surface area contributed by atoms with Crippen molar-refractivity contribution in [3.8, 4) is 11.5 Å². The molecular formula is C25H34N2O4. The van der Waals surface area contributed by atoms with Gasteiger partial charge in [0.05, 0.1) is 7.11 Å². The molecule has 31 heavy (non-hydrogen) atoms. The molecule has 1 atom stereocenters. The van der Waals surface area contributed by atoms with Crippen LogP contribution in [0.5, 0.6) is 11.5 Å². The molecule has 2 aromatic carbocycles. The number of hydrogen-bond acceptors (Lipinski definition) is 4. The number of aryl methyl sites for hydroxylation is 2. The van der Waals surface area contributed by atoms with Crippen LogP contribution in [0.15, 0.2) is 42.5 Å². The van der Waals surface area contributed by atoms with E-state index in [0.717, 1.165) is 16.7 Å². The van der Waals surface area contributed by atoms with Crippen molar-refractivity contribution in [2.75, 3.05) is 13.7 Å². The summed E-state index contributed by atoms with van der Waals surface area (Å²) in [5, 5.41) is 2.93. The molecule has 1 N–H and O–H groups in total. The molecule has 2 aromatic rings. The lowest BCUT2D eigenvalue weighted by Crippen LogP contribution is -2.51. The number of benzene rings is 2. The topological polar surface area (TPSA) is 67.9 Å². The van der Waals surface area contributed by atoms with Crippen molar-refractivity contribution >= 4 is 11.8 Å².